The summed E-state index contributed by atoms with van der Waals surface area (Å²) in [4.78, 5) is 8.16. The molecule has 19 heavy (non-hydrogen) atoms. The lowest BCUT2D eigenvalue weighted by Gasteiger charge is -2.18. The van der Waals surface area contributed by atoms with E-state index in [0.717, 1.165) is 30.3 Å². The molecule has 0 atom stereocenters. The minimum absolute atomic E-state index is 0.175. The average molecular weight is 263 g/mol. The molecule has 98 valence electrons. The van der Waals surface area contributed by atoms with Gasteiger partial charge in [-0.2, -0.15) is 4.39 Å². The molecule has 0 aliphatic carbocycles. The van der Waals surface area contributed by atoms with Crippen molar-refractivity contribution in [3.8, 4) is 11.6 Å². The first kappa shape index (κ1) is 12.0. The summed E-state index contributed by atoms with van der Waals surface area (Å²) in [5.41, 5.74) is 1.66. The zero-order chi connectivity index (χ0) is 13.2. The predicted molar refractivity (Wildman–Crippen MR) is 63.9 cm³/mol. The maximum Gasteiger partial charge on any atom is 0.227 e. The Morgan fingerprint density at radius 3 is 3.00 bits per heavy atom. The Morgan fingerprint density at radius 2 is 2.11 bits per heavy atom. The Kier molecular flexibility index (Phi) is 3.08. The summed E-state index contributed by atoms with van der Waals surface area (Å²) in [5, 5.41) is 3.17. The van der Waals surface area contributed by atoms with Crippen molar-refractivity contribution >= 4 is 0 Å². The van der Waals surface area contributed by atoms with Crippen molar-refractivity contribution in [2.24, 2.45) is 0 Å². The van der Waals surface area contributed by atoms with Gasteiger partial charge in [-0.05, 0) is 12.1 Å². The van der Waals surface area contributed by atoms with Gasteiger partial charge < -0.3 is 10.1 Å². The number of aromatic nitrogens is 2. The Labute approximate surface area is 108 Å². The average Bonchev–Trinajstić information content (AvgIpc) is 2.44. The monoisotopic (exact) mass is 263 g/mol. The van der Waals surface area contributed by atoms with Crippen molar-refractivity contribution in [3.63, 3.8) is 0 Å². The largest absolute Gasteiger partial charge is 0.435 e. The first-order valence-corrected chi connectivity index (χ1v) is 5.91. The molecule has 0 spiro atoms. The van der Waals surface area contributed by atoms with Crippen molar-refractivity contribution in [1.29, 1.82) is 0 Å². The first-order chi connectivity index (χ1) is 9.25. The summed E-state index contributed by atoms with van der Waals surface area (Å²) < 4.78 is 32.1. The number of rotatable bonds is 2. The number of halogens is 2. The van der Waals surface area contributed by atoms with Crippen LogP contribution in [0.4, 0.5) is 8.78 Å². The SMILES string of the molecule is Fc1cccc(Oc2ncnc3c2CNCC3)c1F. The number of hydrogen-bond donors (Lipinski definition) is 1. The van der Waals surface area contributed by atoms with Crippen molar-refractivity contribution < 1.29 is 13.5 Å². The van der Waals surface area contributed by atoms with Gasteiger partial charge in [-0.1, -0.05) is 6.07 Å². The normalized spacial score (nSPS) is 14.0. The third kappa shape index (κ3) is 2.26. The van der Waals surface area contributed by atoms with Gasteiger partial charge in [0, 0.05) is 19.5 Å². The predicted octanol–water partition coefficient (Wildman–Crippen LogP) is 2.19. The van der Waals surface area contributed by atoms with Crippen LogP contribution in [0, 0.1) is 11.6 Å². The maximum absolute atomic E-state index is 13.6. The highest BCUT2D eigenvalue weighted by molar-refractivity contribution is 5.36. The third-order valence-corrected chi connectivity index (χ3v) is 2.96. The van der Waals surface area contributed by atoms with Crippen LogP contribution in [-0.4, -0.2) is 16.5 Å². The molecule has 4 nitrogen and oxygen atoms in total. The van der Waals surface area contributed by atoms with E-state index in [-0.39, 0.29) is 11.6 Å². The van der Waals surface area contributed by atoms with Crippen LogP contribution in [0.15, 0.2) is 24.5 Å². The second-order valence-corrected chi connectivity index (χ2v) is 4.18. The minimum atomic E-state index is -1.02. The van der Waals surface area contributed by atoms with Crippen LogP contribution in [0.3, 0.4) is 0 Å². The van der Waals surface area contributed by atoms with Crippen LogP contribution in [-0.2, 0) is 13.0 Å². The molecule has 1 aliphatic heterocycles. The molecule has 0 saturated heterocycles. The van der Waals surface area contributed by atoms with Crippen molar-refractivity contribution in [3.05, 3.63) is 47.4 Å². The number of nitrogens with one attached hydrogen (secondary N) is 1. The van der Waals surface area contributed by atoms with Gasteiger partial charge in [0.2, 0.25) is 11.7 Å². The van der Waals surface area contributed by atoms with Crippen LogP contribution in [0.25, 0.3) is 0 Å². The molecule has 1 aliphatic rings. The van der Waals surface area contributed by atoms with Gasteiger partial charge in [0.15, 0.2) is 11.6 Å². The van der Waals surface area contributed by atoms with Gasteiger partial charge in [0.1, 0.15) is 6.33 Å². The van der Waals surface area contributed by atoms with Gasteiger partial charge in [-0.25, -0.2) is 14.4 Å². The second kappa shape index (κ2) is 4.89. The highest BCUT2D eigenvalue weighted by Gasteiger charge is 2.18. The quantitative estimate of drug-likeness (QED) is 0.902. The minimum Gasteiger partial charge on any atom is -0.435 e. The number of fused-ring (bicyclic) bond motifs is 1. The number of ether oxygens (including phenoxy) is 1. The van der Waals surface area contributed by atoms with E-state index >= 15 is 0 Å². The van der Waals surface area contributed by atoms with E-state index in [9.17, 15) is 8.78 Å². The molecular formula is C13H11F2N3O. The van der Waals surface area contributed by atoms with Crippen LogP contribution in [0.2, 0.25) is 0 Å². The molecule has 3 rings (SSSR count). The molecule has 0 fully saturated rings. The van der Waals surface area contributed by atoms with Crippen molar-refractivity contribution in [2.75, 3.05) is 6.54 Å². The fourth-order valence-corrected chi connectivity index (χ4v) is 2.00. The second-order valence-electron chi connectivity index (χ2n) is 4.18. The summed E-state index contributed by atoms with van der Waals surface area (Å²) in [5.74, 6) is -1.87. The van der Waals surface area contributed by atoms with Crippen LogP contribution in [0.1, 0.15) is 11.3 Å². The highest BCUT2D eigenvalue weighted by Crippen LogP contribution is 2.28. The van der Waals surface area contributed by atoms with Gasteiger partial charge in [0.05, 0.1) is 11.3 Å². The van der Waals surface area contributed by atoms with Gasteiger partial charge in [-0.3, -0.25) is 0 Å². The molecule has 2 aromatic rings. The molecule has 2 heterocycles. The molecule has 6 heteroatoms. The summed E-state index contributed by atoms with van der Waals surface area (Å²) in [6.45, 7) is 1.39. The molecule has 0 amide bonds. The molecule has 0 bridgehead atoms. The fourth-order valence-electron chi connectivity index (χ4n) is 2.00. The van der Waals surface area contributed by atoms with Gasteiger partial charge in [-0.15, -0.1) is 0 Å². The molecule has 0 radical (unpaired) electrons. The van der Waals surface area contributed by atoms with Crippen molar-refractivity contribution in [2.45, 2.75) is 13.0 Å². The molecule has 0 unspecified atom stereocenters. The molecule has 1 aromatic carbocycles. The standard InChI is InChI=1S/C13H11F2N3O/c14-9-2-1-3-11(12(9)15)19-13-8-6-16-5-4-10(8)17-7-18-13/h1-3,7,16H,4-6H2. The van der Waals surface area contributed by atoms with E-state index in [1.165, 1.54) is 18.5 Å². The first-order valence-electron chi connectivity index (χ1n) is 5.91. The Morgan fingerprint density at radius 1 is 1.21 bits per heavy atom. The van der Waals surface area contributed by atoms with E-state index in [1.54, 1.807) is 0 Å². The summed E-state index contributed by atoms with van der Waals surface area (Å²) >= 11 is 0. The molecule has 1 N–H and O–H groups in total. The zero-order valence-corrected chi connectivity index (χ0v) is 9.99. The smallest absolute Gasteiger partial charge is 0.227 e. The topological polar surface area (TPSA) is 47.0 Å². The molecular weight excluding hydrogens is 252 g/mol. The maximum atomic E-state index is 13.6. The highest BCUT2D eigenvalue weighted by atomic mass is 19.2. The van der Waals surface area contributed by atoms with E-state index < -0.39 is 11.6 Å². The lowest BCUT2D eigenvalue weighted by Crippen LogP contribution is -2.25. The summed E-state index contributed by atoms with van der Waals surface area (Å²) in [7, 11) is 0. The van der Waals surface area contributed by atoms with E-state index in [4.69, 9.17) is 4.74 Å². The third-order valence-electron chi connectivity index (χ3n) is 2.96. The Bertz CT molecular complexity index is 619. The fraction of sp³-hybridized carbons (Fsp3) is 0.231. The van der Waals surface area contributed by atoms with Crippen molar-refractivity contribution in [1.82, 2.24) is 15.3 Å². The Hall–Kier alpha value is -2.08. The van der Waals surface area contributed by atoms with Crippen LogP contribution >= 0.6 is 0 Å². The summed E-state index contributed by atoms with van der Waals surface area (Å²) in [6, 6.07) is 3.79. The van der Waals surface area contributed by atoms with E-state index in [0.29, 0.717) is 6.54 Å². The van der Waals surface area contributed by atoms with Crippen LogP contribution < -0.4 is 10.1 Å². The molecule has 1 aromatic heterocycles. The number of benzene rings is 1. The lowest BCUT2D eigenvalue weighted by atomic mass is 10.1. The zero-order valence-electron chi connectivity index (χ0n) is 9.99. The molecule has 0 saturated carbocycles. The summed E-state index contributed by atoms with van der Waals surface area (Å²) in [6.07, 6.45) is 2.14. The lowest BCUT2D eigenvalue weighted by molar-refractivity contribution is 0.396. The van der Waals surface area contributed by atoms with E-state index in [1.807, 2.05) is 0 Å². The van der Waals surface area contributed by atoms with Gasteiger partial charge >= 0.3 is 0 Å². The number of hydrogen-bond acceptors (Lipinski definition) is 4. The number of nitrogens with zero attached hydrogens (tertiary/aromatic N) is 2. The van der Waals surface area contributed by atoms with Crippen LogP contribution in [0.5, 0.6) is 11.6 Å². The Balaban J connectivity index is 1.97. The van der Waals surface area contributed by atoms with Gasteiger partial charge in [0.25, 0.3) is 0 Å². The van der Waals surface area contributed by atoms with E-state index in [2.05, 4.69) is 15.3 Å².